The van der Waals surface area contributed by atoms with Gasteiger partial charge in [0.1, 0.15) is 11.3 Å². The lowest BCUT2D eigenvalue weighted by atomic mass is 10.1. The first-order valence-electron chi connectivity index (χ1n) is 6.19. The average Bonchev–Trinajstić information content (AvgIpc) is 2.45. The third-order valence-electron chi connectivity index (χ3n) is 2.99. The fourth-order valence-electron chi connectivity index (χ4n) is 1.94. The number of aromatic carboxylic acids is 1. The Morgan fingerprint density at radius 2 is 2.05 bits per heavy atom. The zero-order chi connectivity index (χ0) is 14.5. The van der Waals surface area contributed by atoms with E-state index >= 15 is 0 Å². The number of nitrogens with two attached hydrogens (primary N) is 1. The summed E-state index contributed by atoms with van der Waals surface area (Å²) >= 11 is 0. The molecule has 0 aromatic heterocycles. The number of carbonyl (C=O) groups excluding carboxylic acids is 1. The van der Waals surface area contributed by atoms with Gasteiger partial charge in [0.25, 0.3) is 5.91 Å². The molecule has 1 fully saturated rings. The topological polar surface area (TPSA) is 102 Å². The number of hydrogen-bond donors (Lipinski definition) is 2. The summed E-state index contributed by atoms with van der Waals surface area (Å²) in [5.74, 6) is -1.29. The van der Waals surface area contributed by atoms with Gasteiger partial charge >= 0.3 is 5.97 Å². The van der Waals surface area contributed by atoms with E-state index < -0.39 is 5.97 Å². The van der Waals surface area contributed by atoms with Crippen molar-refractivity contribution in [3.63, 3.8) is 0 Å². The minimum Gasteiger partial charge on any atom is -0.483 e. The van der Waals surface area contributed by atoms with Crippen LogP contribution in [0.15, 0.2) is 18.2 Å². The standard InChI is InChI=1S/C13H16N2O5/c14-9-2-1-3-10(12(9)13(17)18)20-8-11(16)15-4-6-19-7-5-15/h1-3H,4-8,14H2,(H,17,18). The smallest absolute Gasteiger partial charge is 0.341 e. The molecule has 1 saturated heterocycles. The first-order chi connectivity index (χ1) is 9.59. The molecular formula is C13H16N2O5. The summed E-state index contributed by atoms with van der Waals surface area (Å²) in [4.78, 5) is 24.6. The molecule has 0 radical (unpaired) electrons. The fraction of sp³-hybridized carbons (Fsp3) is 0.385. The summed E-state index contributed by atoms with van der Waals surface area (Å²) in [7, 11) is 0. The van der Waals surface area contributed by atoms with Gasteiger partial charge in [0.15, 0.2) is 6.61 Å². The maximum absolute atomic E-state index is 11.9. The Morgan fingerprint density at radius 3 is 2.70 bits per heavy atom. The molecule has 1 amide bonds. The van der Waals surface area contributed by atoms with E-state index in [1.54, 1.807) is 11.0 Å². The molecule has 1 aromatic carbocycles. The SMILES string of the molecule is Nc1cccc(OCC(=O)N2CCOCC2)c1C(=O)O. The van der Waals surface area contributed by atoms with Gasteiger partial charge in [-0.25, -0.2) is 4.79 Å². The summed E-state index contributed by atoms with van der Waals surface area (Å²) in [5, 5.41) is 9.09. The van der Waals surface area contributed by atoms with Crippen molar-refractivity contribution in [2.75, 3.05) is 38.6 Å². The fourth-order valence-corrected chi connectivity index (χ4v) is 1.94. The zero-order valence-electron chi connectivity index (χ0n) is 10.9. The highest BCUT2D eigenvalue weighted by Crippen LogP contribution is 2.24. The van der Waals surface area contributed by atoms with Gasteiger partial charge in [-0.3, -0.25) is 4.79 Å². The van der Waals surface area contributed by atoms with Gasteiger partial charge in [-0.2, -0.15) is 0 Å². The zero-order valence-corrected chi connectivity index (χ0v) is 10.9. The van der Waals surface area contributed by atoms with Crippen LogP contribution in [0.4, 0.5) is 5.69 Å². The lowest BCUT2D eigenvalue weighted by Gasteiger charge is -2.26. The van der Waals surface area contributed by atoms with Crippen molar-refractivity contribution in [1.82, 2.24) is 4.90 Å². The molecule has 0 aliphatic carbocycles. The number of benzene rings is 1. The van der Waals surface area contributed by atoms with E-state index in [1.165, 1.54) is 12.1 Å². The molecule has 1 aromatic rings. The second-order valence-electron chi connectivity index (χ2n) is 4.31. The largest absolute Gasteiger partial charge is 0.483 e. The van der Waals surface area contributed by atoms with Crippen LogP contribution in [0.5, 0.6) is 5.75 Å². The summed E-state index contributed by atoms with van der Waals surface area (Å²) in [6.45, 7) is 1.83. The van der Waals surface area contributed by atoms with E-state index in [9.17, 15) is 9.59 Å². The summed E-state index contributed by atoms with van der Waals surface area (Å²) in [6, 6.07) is 4.53. The predicted octanol–water partition coefficient (Wildman–Crippen LogP) is 0.205. The number of carbonyl (C=O) groups is 2. The molecule has 1 heterocycles. The third-order valence-corrected chi connectivity index (χ3v) is 2.99. The molecule has 108 valence electrons. The minimum absolute atomic E-state index is 0.0964. The van der Waals surface area contributed by atoms with Crippen LogP contribution in [0, 0.1) is 0 Å². The number of amides is 1. The number of anilines is 1. The molecule has 0 spiro atoms. The van der Waals surface area contributed by atoms with E-state index in [1.807, 2.05) is 0 Å². The van der Waals surface area contributed by atoms with E-state index in [0.717, 1.165) is 0 Å². The molecule has 0 atom stereocenters. The van der Waals surface area contributed by atoms with Crippen LogP contribution >= 0.6 is 0 Å². The molecule has 0 saturated carbocycles. The Labute approximate surface area is 115 Å². The molecule has 7 nitrogen and oxygen atoms in total. The average molecular weight is 280 g/mol. The molecule has 2 rings (SSSR count). The molecule has 3 N–H and O–H groups in total. The van der Waals surface area contributed by atoms with Gasteiger partial charge in [0.2, 0.25) is 0 Å². The highest BCUT2D eigenvalue weighted by Gasteiger charge is 2.19. The van der Waals surface area contributed by atoms with Gasteiger partial charge in [-0.15, -0.1) is 0 Å². The normalized spacial score (nSPS) is 14.9. The first kappa shape index (κ1) is 14.1. The number of carboxylic acid groups (broad SMARTS) is 1. The van der Waals surface area contributed by atoms with Crippen LogP contribution in [0.1, 0.15) is 10.4 Å². The molecule has 0 bridgehead atoms. The third kappa shape index (κ3) is 3.18. The lowest BCUT2D eigenvalue weighted by Crippen LogP contribution is -2.43. The van der Waals surface area contributed by atoms with Gasteiger partial charge < -0.3 is 25.2 Å². The number of carboxylic acids is 1. The number of ether oxygens (including phenoxy) is 2. The number of morpholine rings is 1. The van der Waals surface area contributed by atoms with Crippen molar-refractivity contribution < 1.29 is 24.2 Å². The van der Waals surface area contributed by atoms with Crippen molar-refractivity contribution >= 4 is 17.6 Å². The van der Waals surface area contributed by atoms with Crippen LogP contribution in [0.3, 0.4) is 0 Å². The van der Waals surface area contributed by atoms with Crippen molar-refractivity contribution in [3.8, 4) is 5.75 Å². The first-order valence-corrected chi connectivity index (χ1v) is 6.19. The van der Waals surface area contributed by atoms with E-state index in [4.69, 9.17) is 20.3 Å². The van der Waals surface area contributed by atoms with Gasteiger partial charge in [-0.1, -0.05) is 6.07 Å². The Bertz CT molecular complexity index is 511. The molecule has 1 aliphatic heterocycles. The van der Waals surface area contributed by atoms with Crippen molar-refractivity contribution in [2.45, 2.75) is 0 Å². The van der Waals surface area contributed by atoms with Gasteiger partial charge in [0, 0.05) is 18.8 Å². The predicted molar refractivity (Wildman–Crippen MR) is 70.7 cm³/mol. The minimum atomic E-state index is -1.18. The number of hydrogen-bond acceptors (Lipinski definition) is 5. The highest BCUT2D eigenvalue weighted by atomic mass is 16.5. The van der Waals surface area contributed by atoms with Crippen LogP contribution < -0.4 is 10.5 Å². The maximum Gasteiger partial charge on any atom is 0.341 e. The molecule has 20 heavy (non-hydrogen) atoms. The Kier molecular flexibility index (Phi) is 4.41. The number of nitrogens with zero attached hydrogens (tertiary/aromatic N) is 1. The van der Waals surface area contributed by atoms with Crippen molar-refractivity contribution in [2.24, 2.45) is 0 Å². The van der Waals surface area contributed by atoms with Crippen LogP contribution in [0.25, 0.3) is 0 Å². The Morgan fingerprint density at radius 1 is 1.35 bits per heavy atom. The monoisotopic (exact) mass is 280 g/mol. The molecular weight excluding hydrogens is 264 g/mol. The second kappa shape index (κ2) is 6.25. The van der Waals surface area contributed by atoms with E-state index in [2.05, 4.69) is 0 Å². The van der Waals surface area contributed by atoms with Crippen molar-refractivity contribution in [1.29, 1.82) is 0 Å². The van der Waals surface area contributed by atoms with E-state index in [-0.39, 0.29) is 29.5 Å². The van der Waals surface area contributed by atoms with E-state index in [0.29, 0.717) is 26.3 Å². The molecule has 0 unspecified atom stereocenters. The molecule has 1 aliphatic rings. The number of rotatable bonds is 4. The summed E-state index contributed by atoms with van der Waals surface area (Å²) in [6.07, 6.45) is 0. The van der Waals surface area contributed by atoms with Crippen LogP contribution in [-0.2, 0) is 9.53 Å². The second-order valence-corrected chi connectivity index (χ2v) is 4.31. The highest BCUT2D eigenvalue weighted by molar-refractivity contribution is 5.96. The maximum atomic E-state index is 11.9. The van der Waals surface area contributed by atoms with Gasteiger partial charge in [0.05, 0.1) is 13.2 Å². The van der Waals surface area contributed by atoms with Crippen LogP contribution in [0.2, 0.25) is 0 Å². The molecule has 7 heteroatoms. The number of nitrogen functional groups attached to an aromatic ring is 1. The Balaban J connectivity index is 2.02. The van der Waals surface area contributed by atoms with Crippen LogP contribution in [-0.4, -0.2) is 54.8 Å². The quantitative estimate of drug-likeness (QED) is 0.764. The summed E-state index contributed by atoms with van der Waals surface area (Å²) < 4.78 is 10.5. The van der Waals surface area contributed by atoms with Crippen molar-refractivity contribution in [3.05, 3.63) is 23.8 Å². The van der Waals surface area contributed by atoms with Gasteiger partial charge in [-0.05, 0) is 12.1 Å². The lowest BCUT2D eigenvalue weighted by molar-refractivity contribution is -0.137. The Hall–Kier alpha value is -2.28. The summed E-state index contributed by atoms with van der Waals surface area (Å²) in [5.41, 5.74) is 5.58.